The fourth-order valence-electron chi connectivity index (χ4n) is 2.10. The molecule has 0 saturated heterocycles. The van der Waals surface area contributed by atoms with Gasteiger partial charge in [0.2, 0.25) is 0 Å². The van der Waals surface area contributed by atoms with Gasteiger partial charge in [-0.1, -0.05) is 6.92 Å². The minimum Gasteiger partial charge on any atom is -0.481 e. The van der Waals surface area contributed by atoms with Crippen molar-refractivity contribution in [2.75, 3.05) is 0 Å². The number of aromatic nitrogens is 2. The highest BCUT2D eigenvalue weighted by molar-refractivity contribution is 5.68. The van der Waals surface area contributed by atoms with Gasteiger partial charge in [-0.25, -0.2) is 9.97 Å². The van der Waals surface area contributed by atoms with Crippen molar-refractivity contribution < 1.29 is 9.90 Å². The second-order valence-electron chi connectivity index (χ2n) is 4.70. The lowest BCUT2D eigenvalue weighted by Gasteiger charge is -2.12. The molecule has 2 rings (SSSR count). The number of carbonyl (C=O) groups is 1. The van der Waals surface area contributed by atoms with Gasteiger partial charge in [0.05, 0.1) is 18.1 Å². The summed E-state index contributed by atoms with van der Waals surface area (Å²) in [7, 11) is 0. The Kier molecular flexibility index (Phi) is 4.62. The summed E-state index contributed by atoms with van der Waals surface area (Å²) in [6.45, 7) is 1.94. The number of aliphatic carboxylic acids is 1. The molecule has 5 nitrogen and oxygen atoms in total. The van der Waals surface area contributed by atoms with Gasteiger partial charge in [-0.3, -0.25) is 4.79 Å². The number of rotatable bonds is 5. The van der Waals surface area contributed by atoms with Crippen LogP contribution in [-0.4, -0.2) is 21.0 Å². The molecule has 21 heavy (non-hydrogen) atoms. The van der Waals surface area contributed by atoms with Crippen LogP contribution in [0.3, 0.4) is 0 Å². The topological polar surface area (TPSA) is 86.9 Å². The minimum absolute atomic E-state index is 0.0559. The van der Waals surface area contributed by atoms with E-state index in [0.29, 0.717) is 17.8 Å². The molecule has 2 aromatic rings. The van der Waals surface area contributed by atoms with Crippen molar-refractivity contribution in [2.45, 2.75) is 25.7 Å². The molecule has 5 heteroatoms. The summed E-state index contributed by atoms with van der Waals surface area (Å²) in [5.74, 6) is -0.413. The molecule has 0 bridgehead atoms. The Hall–Kier alpha value is -2.74. The van der Waals surface area contributed by atoms with Crippen LogP contribution in [-0.2, 0) is 4.79 Å². The maximum atomic E-state index is 10.9. The van der Waals surface area contributed by atoms with E-state index < -0.39 is 5.97 Å². The van der Waals surface area contributed by atoms with Gasteiger partial charge in [0, 0.05) is 23.4 Å². The molecule has 1 heterocycles. The third kappa shape index (κ3) is 3.63. The average Bonchev–Trinajstić information content (AvgIpc) is 2.52. The van der Waals surface area contributed by atoms with Crippen LogP contribution < -0.4 is 0 Å². The van der Waals surface area contributed by atoms with Crippen molar-refractivity contribution >= 4 is 5.97 Å². The second kappa shape index (κ2) is 6.62. The van der Waals surface area contributed by atoms with E-state index in [1.165, 1.54) is 0 Å². The molecule has 1 aromatic heterocycles. The maximum Gasteiger partial charge on any atom is 0.304 e. The van der Waals surface area contributed by atoms with Gasteiger partial charge in [0.25, 0.3) is 0 Å². The van der Waals surface area contributed by atoms with Crippen molar-refractivity contribution in [3.63, 3.8) is 0 Å². The van der Waals surface area contributed by atoms with Crippen molar-refractivity contribution in [1.82, 2.24) is 9.97 Å². The van der Waals surface area contributed by atoms with Gasteiger partial charge in [-0.2, -0.15) is 5.26 Å². The zero-order valence-corrected chi connectivity index (χ0v) is 11.7. The first-order chi connectivity index (χ1) is 10.1. The van der Waals surface area contributed by atoms with E-state index in [0.717, 1.165) is 11.3 Å². The van der Waals surface area contributed by atoms with E-state index in [1.54, 1.807) is 36.5 Å². The molecule has 0 saturated carbocycles. The lowest BCUT2D eigenvalue weighted by atomic mass is 9.98. The van der Waals surface area contributed by atoms with Gasteiger partial charge in [-0.15, -0.1) is 0 Å². The van der Waals surface area contributed by atoms with E-state index >= 15 is 0 Å². The number of benzene rings is 1. The van der Waals surface area contributed by atoms with Crippen LogP contribution in [0.25, 0.3) is 11.4 Å². The van der Waals surface area contributed by atoms with Gasteiger partial charge >= 0.3 is 5.97 Å². The highest BCUT2D eigenvalue weighted by Crippen LogP contribution is 2.23. The minimum atomic E-state index is -0.833. The molecule has 1 atom stereocenters. The molecule has 0 spiro atoms. The highest BCUT2D eigenvalue weighted by Gasteiger charge is 2.16. The Balaban J connectivity index is 2.31. The van der Waals surface area contributed by atoms with E-state index in [2.05, 4.69) is 16.0 Å². The van der Waals surface area contributed by atoms with E-state index in [9.17, 15) is 4.79 Å². The summed E-state index contributed by atoms with van der Waals surface area (Å²) in [5.41, 5.74) is 2.11. The van der Waals surface area contributed by atoms with Crippen LogP contribution in [0.15, 0.2) is 36.5 Å². The summed E-state index contributed by atoms with van der Waals surface area (Å²) in [4.78, 5) is 19.6. The fourth-order valence-corrected chi connectivity index (χ4v) is 2.10. The number of carboxylic acid groups (broad SMARTS) is 1. The van der Waals surface area contributed by atoms with Crippen LogP contribution in [0.2, 0.25) is 0 Å². The van der Waals surface area contributed by atoms with E-state index in [-0.39, 0.29) is 12.3 Å². The molecule has 0 fully saturated rings. The Morgan fingerprint density at radius 2 is 2.05 bits per heavy atom. The summed E-state index contributed by atoms with van der Waals surface area (Å²) >= 11 is 0. The maximum absolute atomic E-state index is 10.9. The first kappa shape index (κ1) is 14.7. The van der Waals surface area contributed by atoms with Crippen LogP contribution in [0.4, 0.5) is 0 Å². The Morgan fingerprint density at radius 3 is 2.62 bits per heavy atom. The molecule has 0 radical (unpaired) electrons. The summed E-state index contributed by atoms with van der Waals surface area (Å²) < 4.78 is 0. The number of carboxylic acids is 1. The molecule has 0 aliphatic heterocycles. The molecule has 106 valence electrons. The summed E-state index contributed by atoms with van der Waals surface area (Å²) in [5, 5.41) is 17.7. The standard InChI is InChI=1S/C16H15N3O2/c1-2-12(9-15(20)21)14-7-8-18-16(19-14)13-5-3-11(10-17)4-6-13/h3-8,12H,2,9H2,1H3,(H,20,21). The molecule has 0 amide bonds. The van der Waals surface area contributed by atoms with Crippen molar-refractivity contribution in [3.05, 3.63) is 47.8 Å². The smallest absolute Gasteiger partial charge is 0.304 e. The first-order valence-electron chi connectivity index (χ1n) is 6.69. The lowest BCUT2D eigenvalue weighted by molar-refractivity contribution is -0.137. The zero-order valence-electron chi connectivity index (χ0n) is 11.7. The normalized spacial score (nSPS) is 11.6. The summed E-state index contributed by atoms with van der Waals surface area (Å²) in [6, 6.07) is 10.8. The average molecular weight is 281 g/mol. The summed E-state index contributed by atoms with van der Waals surface area (Å²) in [6.07, 6.45) is 2.40. The van der Waals surface area contributed by atoms with Crippen LogP contribution in [0.1, 0.15) is 36.9 Å². The van der Waals surface area contributed by atoms with E-state index in [4.69, 9.17) is 10.4 Å². The Morgan fingerprint density at radius 1 is 1.33 bits per heavy atom. The quantitative estimate of drug-likeness (QED) is 0.910. The van der Waals surface area contributed by atoms with Crippen LogP contribution >= 0.6 is 0 Å². The number of nitriles is 1. The number of hydrogen-bond acceptors (Lipinski definition) is 4. The van der Waals surface area contributed by atoms with E-state index in [1.807, 2.05) is 6.92 Å². The van der Waals surface area contributed by atoms with Crippen LogP contribution in [0, 0.1) is 11.3 Å². The SMILES string of the molecule is CCC(CC(=O)O)c1ccnc(-c2ccc(C#N)cc2)n1. The lowest BCUT2D eigenvalue weighted by Crippen LogP contribution is -2.08. The third-order valence-electron chi connectivity index (χ3n) is 3.28. The van der Waals surface area contributed by atoms with Crippen LogP contribution in [0.5, 0.6) is 0 Å². The predicted octanol–water partition coefficient (Wildman–Crippen LogP) is 2.98. The second-order valence-corrected chi connectivity index (χ2v) is 4.70. The zero-order chi connectivity index (χ0) is 15.2. The van der Waals surface area contributed by atoms with Gasteiger partial charge in [0.15, 0.2) is 5.82 Å². The Labute approximate surface area is 122 Å². The molecule has 1 aromatic carbocycles. The molecular formula is C16H15N3O2. The largest absolute Gasteiger partial charge is 0.481 e. The molecular weight excluding hydrogens is 266 g/mol. The fraction of sp³-hybridized carbons (Fsp3) is 0.250. The first-order valence-corrected chi connectivity index (χ1v) is 6.69. The van der Waals surface area contributed by atoms with Gasteiger partial charge < -0.3 is 5.11 Å². The van der Waals surface area contributed by atoms with Gasteiger partial charge in [-0.05, 0) is 36.8 Å². The number of hydrogen-bond donors (Lipinski definition) is 1. The highest BCUT2D eigenvalue weighted by atomic mass is 16.4. The monoisotopic (exact) mass is 281 g/mol. The molecule has 0 aliphatic carbocycles. The van der Waals surface area contributed by atoms with Gasteiger partial charge in [0.1, 0.15) is 0 Å². The van der Waals surface area contributed by atoms with Crippen molar-refractivity contribution in [3.8, 4) is 17.5 Å². The van der Waals surface area contributed by atoms with Crippen molar-refractivity contribution in [1.29, 1.82) is 5.26 Å². The molecule has 0 aliphatic rings. The predicted molar refractivity (Wildman–Crippen MR) is 77.5 cm³/mol. The Bertz CT molecular complexity index is 675. The number of nitrogens with zero attached hydrogens (tertiary/aromatic N) is 3. The molecule has 1 unspecified atom stereocenters. The molecule has 1 N–H and O–H groups in total. The third-order valence-corrected chi connectivity index (χ3v) is 3.28. The van der Waals surface area contributed by atoms with Crippen molar-refractivity contribution in [2.24, 2.45) is 0 Å².